The second-order valence-electron chi connectivity index (χ2n) is 5.26. The van der Waals surface area contributed by atoms with Gasteiger partial charge in [-0.25, -0.2) is 0 Å². The molecule has 0 aromatic heterocycles. The van der Waals surface area contributed by atoms with E-state index in [9.17, 15) is 0 Å². The second-order valence-corrected chi connectivity index (χ2v) is 6.40. The van der Waals surface area contributed by atoms with Gasteiger partial charge in [0.25, 0.3) is 0 Å². The van der Waals surface area contributed by atoms with Crippen LogP contribution < -0.4 is 5.32 Å². The standard InChI is InChI=1S/C15H21NS/c1-5-13(10-12-4-2-8-16-11-12)14-6-3-9-17-15(14)7-1/h1,5,7,12,16H,2-4,6,8-11H2. The molecule has 2 heterocycles. The van der Waals surface area contributed by atoms with Crippen molar-refractivity contribution in [3.05, 3.63) is 29.3 Å². The van der Waals surface area contributed by atoms with Crippen LogP contribution in [0.25, 0.3) is 0 Å². The lowest BCUT2D eigenvalue weighted by atomic mass is 9.89. The van der Waals surface area contributed by atoms with E-state index in [-0.39, 0.29) is 0 Å². The smallest absolute Gasteiger partial charge is 0.0107 e. The number of hydrogen-bond donors (Lipinski definition) is 1. The third-order valence-electron chi connectivity index (χ3n) is 3.97. The van der Waals surface area contributed by atoms with Crippen LogP contribution in [0.1, 0.15) is 30.4 Å². The SMILES string of the molecule is c1cc(CC2CCCNC2)c2c(c1)SCCC2. The molecule has 1 N–H and O–H groups in total. The van der Waals surface area contributed by atoms with Gasteiger partial charge in [0.15, 0.2) is 0 Å². The van der Waals surface area contributed by atoms with Crippen LogP contribution in [0.15, 0.2) is 23.1 Å². The Hall–Kier alpha value is -0.470. The Bertz CT molecular complexity index is 383. The Labute approximate surface area is 108 Å². The maximum atomic E-state index is 3.53. The van der Waals surface area contributed by atoms with E-state index in [2.05, 4.69) is 23.5 Å². The minimum atomic E-state index is 0.863. The number of piperidine rings is 1. The van der Waals surface area contributed by atoms with E-state index in [1.807, 2.05) is 11.8 Å². The lowest BCUT2D eigenvalue weighted by molar-refractivity contribution is 0.375. The zero-order valence-corrected chi connectivity index (χ0v) is 11.2. The first kappa shape index (κ1) is 11.6. The van der Waals surface area contributed by atoms with Crippen molar-refractivity contribution in [1.29, 1.82) is 0 Å². The largest absolute Gasteiger partial charge is 0.316 e. The number of rotatable bonds is 2. The predicted octanol–water partition coefficient (Wildman–Crippen LogP) is 3.27. The van der Waals surface area contributed by atoms with E-state index in [1.54, 1.807) is 16.0 Å². The Kier molecular flexibility index (Phi) is 3.72. The fourth-order valence-electron chi connectivity index (χ4n) is 3.06. The molecule has 0 amide bonds. The molecule has 1 unspecified atom stereocenters. The van der Waals surface area contributed by atoms with Gasteiger partial charge in [-0.15, -0.1) is 11.8 Å². The topological polar surface area (TPSA) is 12.0 Å². The van der Waals surface area contributed by atoms with Gasteiger partial charge in [0, 0.05) is 4.90 Å². The van der Waals surface area contributed by atoms with E-state index in [4.69, 9.17) is 0 Å². The highest BCUT2D eigenvalue weighted by Crippen LogP contribution is 2.33. The van der Waals surface area contributed by atoms with E-state index >= 15 is 0 Å². The summed E-state index contributed by atoms with van der Waals surface area (Å²) in [6, 6.07) is 6.92. The normalized spacial score (nSPS) is 24.4. The van der Waals surface area contributed by atoms with Crippen LogP contribution in [0.5, 0.6) is 0 Å². The van der Waals surface area contributed by atoms with E-state index in [1.165, 1.54) is 50.9 Å². The van der Waals surface area contributed by atoms with Crippen LogP contribution in [-0.4, -0.2) is 18.8 Å². The van der Waals surface area contributed by atoms with Crippen LogP contribution in [0.3, 0.4) is 0 Å². The van der Waals surface area contributed by atoms with Gasteiger partial charge < -0.3 is 5.32 Å². The number of hydrogen-bond acceptors (Lipinski definition) is 2. The maximum absolute atomic E-state index is 3.53. The highest BCUT2D eigenvalue weighted by molar-refractivity contribution is 7.99. The molecule has 0 saturated carbocycles. The minimum absolute atomic E-state index is 0.863. The van der Waals surface area contributed by atoms with Gasteiger partial charge >= 0.3 is 0 Å². The molecule has 2 heteroatoms. The predicted molar refractivity (Wildman–Crippen MR) is 74.8 cm³/mol. The average molecular weight is 247 g/mol. The summed E-state index contributed by atoms with van der Waals surface area (Å²) in [7, 11) is 0. The van der Waals surface area contributed by atoms with Gasteiger partial charge in [0.05, 0.1) is 0 Å². The van der Waals surface area contributed by atoms with Crippen molar-refractivity contribution in [2.24, 2.45) is 5.92 Å². The fraction of sp³-hybridized carbons (Fsp3) is 0.600. The monoisotopic (exact) mass is 247 g/mol. The third kappa shape index (κ3) is 2.69. The molecule has 1 aromatic rings. The Morgan fingerprint density at radius 2 is 2.29 bits per heavy atom. The minimum Gasteiger partial charge on any atom is -0.316 e. The third-order valence-corrected chi connectivity index (χ3v) is 5.15. The van der Waals surface area contributed by atoms with E-state index in [0.717, 1.165) is 5.92 Å². The molecule has 1 fully saturated rings. The van der Waals surface area contributed by atoms with E-state index < -0.39 is 0 Å². The Morgan fingerprint density at radius 1 is 1.29 bits per heavy atom. The summed E-state index contributed by atoms with van der Waals surface area (Å²) in [5.41, 5.74) is 3.29. The quantitative estimate of drug-likeness (QED) is 0.861. The first-order valence-corrected chi connectivity index (χ1v) is 7.86. The molecule has 0 aliphatic carbocycles. The van der Waals surface area contributed by atoms with Gasteiger partial charge in [0.1, 0.15) is 0 Å². The molecular formula is C15H21NS. The number of benzene rings is 1. The van der Waals surface area contributed by atoms with Crippen LogP contribution in [0.4, 0.5) is 0 Å². The lowest BCUT2D eigenvalue weighted by Gasteiger charge is -2.25. The first-order chi connectivity index (χ1) is 8.43. The molecule has 0 spiro atoms. The number of nitrogens with one attached hydrogen (secondary N) is 1. The molecule has 92 valence electrons. The molecule has 2 aliphatic heterocycles. The van der Waals surface area contributed by atoms with Crippen molar-refractivity contribution < 1.29 is 0 Å². The summed E-state index contributed by atoms with van der Waals surface area (Å²) >= 11 is 2.05. The van der Waals surface area contributed by atoms with Crippen molar-refractivity contribution in [1.82, 2.24) is 5.32 Å². The molecule has 1 aromatic carbocycles. The van der Waals surface area contributed by atoms with Gasteiger partial charge in [-0.2, -0.15) is 0 Å². The van der Waals surface area contributed by atoms with Crippen molar-refractivity contribution in [2.75, 3.05) is 18.8 Å². The number of thioether (sulfide) groups is 1. The summed E-state index contributed by atoms with van der Waals surface area (Å²) < 4.78 is 0. The van der Waals surface area contributed by atoms with Crippen molar-refractivity contribution in [2.45, 2.75) is 37.0 Å². The molecule has 17 heavy (non-hydrogen) atoms. The molecule has 1 atom stereocenters. The summed E-state index contributed by atoms with van der Waals surface area (Å²) in [6.45, 7) is 2.44. The molecule has 1 nitrogen and oxygen atoms in total. The molecule has 2 aliphatic rings. The van der Waals surface area contributed by atoms with E-state index in [0.29, 0.717) is 0 Å². The van der Waals surface area contributed by atoms with Crippen molar-refractivity contribution in [3.63, 3.8) is 0 Å². The van der Waals surface area contributed by atoms with Crippen LogP contribution in [0, 0.1) is 5.92 Å². The molecular weight excluding hydrogens is 226 g/mol. The fourth-order valence-corrected chi connectivity index (χ4v) is 4.15. The summed E-state index contributed by atoms with van der Waals surface area (Å²) in [4.78, 5) is 1.55. The van der Waals surface area contributed by atoms with Crippen LogP contribution in [0.2, 0.25) is 0 Å². The molecule has 0 radical (unpaired) electrons. The zero-order valence-electron chi connectivity index (χ0n) is 10.4. The van der Waals surface area contributed by atoms with Gasteiger partial charge in [-0.3, -0.25) is 0 Å². The maximum Gasteiger partial charge on any atom is 0.0107 e. The van der Waals surface area contributed by atoms with Crippen molar-refractivity contribution in [3.8, 4) is 0 Å². The van der Waals surface area contributed by atoms with Crippen LogP contribution in [-0.2, 0) is 12.8 Å². The molecule has 3 rings (SSSR count). The summed E-state index contributed by atoms with van der Waals surface area (Å²) in [5, 5.41) is 3.53. The second kappa shape index (κ2) is 5.45. The lowest BCUT2D eigenvalue weighted by Crippen LogP contribution is -2.31. The first-order valence-electron chi connectivity index (χ1n) is 6.88. The Balaban J connectivity index is 1.77. The molecule has 0 bridgehead atoms. The van der Waals surface area contributed by atoms with Crippen molar-refractivity contribution >= 4 is 11.8 Å². The summed E-state index contributed by atoms with van der Waals surface area (Å²) in [5.74, 6) is 2.17. The zero-order chi connectivity index (χ0) is 11.5. The molecule has 1 saturated heterocycles. The van der Waals surface area contributed by atoms with Gasteiger partial charge in [-0.05, 0) is 74.1 Å². The highest BCUT2D eigenvalue weighted by Gasteiger charge is 2.18. The highest BCUT2D eigenvalue weighted by atomic mass is 32.2. The van der Waals surface area contributed by atoms with Gasteiger partial charge in [-0.1, -0.05) is 12.1 Å². The average Bonchev–Trinajstić information content (AvgIpc) is 2.40. The summed E-state index contributed by atoms with van der Waals surface area (Å²) in [6.07, 6.45) is 6.71. The Morgan fingerprint density at radius 3 is 3.18 bits per heavy atom. The number of fused-ring (bicyclic) bond motifs is 1. The van der Waals surface area contributed by atoms with Gasteiger partial charge in [0.2, 0.25) is 0 Å². The van der Waals surface area contributed by atoms with Crippen LogP contribution >= 0.6 is 11.8 Å².